The van der Waals surface area contributed by atoms with Gasteiger partial charge in [0, 0.05) is 11.8 Å². The maximum absolute atomic E-state index is 2.46. The van der Waals surface area contributed by atoms with Crippen LogP contribution in [0.15, 0.2) is 71.8 Å². The van der Waals surface area contributed by atoms with Crippen molar-refractivity contribution in [2.45, 2.75) is 38.5 Å². The van der Waals surface area contributed by atoms with Crippen molar-refractivity contribution in [3.05, 3.63) is 94.1 Å². The lowest BCUT2D eigenvalue weighted by molar-refractivity contribution is 0.682. The van der Waals surface area contributed by atoms with Gasteiger partial charge in [0.05, 0.1) is 0 Å². The second-order valence-corrected chi connectivity index (χ2v) is 7.08. The molecule has 3 aromatic carbocycles. The SMILES string of the molecule is CCC1=C(CC)C2c3ccccc3C1c1cc3ccccc3cc12. The van der Waals surface area contributed by atoms with Crippen molar-refractivity contribution in [2.24, 2.45) is 0 Å². The van der Waals surface area contributed by atoms with Crippen LogP contribution in [-0.4, -0.2) is 0 Å². The van der Waals surface area contributed by atoms with Crippen LogP contribution in [0, 0.1) is 0 Å². The molecule has 0 N–H and O–H groups in total. The van der Waals surface area contributed by atoms with Gasteiger partial charge in [-0.25, -0.2) is 0 Å². The molecule has 0 heterocycles. The van der Waals surface area contributed by atoms with E-state index < -0.39 is 0 Å². The monoisotopic (exact) mass is 310 g/mol. The Hall–Kier alpha value is -2.34. The molecule has 24 heavy (non-hydrogen) atoms. The minimum Gasteiger partial charge on any atom is -0.0619 e. The van der Waals surface area contributed by atoms with Crippen molar-refractivity contribution in [2.75, 3.05) is 0 Å². The molecule has 3 aromatic rings. The van der Waals surface area contributed by atoms with Crippen molar-refractivity contribution < 1.29 is 0 Å². The zero-order valence-corrected chi connectivity index (χ0v) is 14.3. The van der Waals surface area contributed by atoms with E-state index >= 15 is 0 Å². The molecular formula is C24H22. The van der Waals surface area contributed by atoms with Crippen molar-refractivity contribution >= 4 is 10.8 Å². The van der Waals surface area contributed by atoms with Crippen molar-refractivity contribution in [3.8, 4) is 0 Å². The Kier molecular flexibility index (Phi) is 2.97. The highest BCUT2D eigenvalue weighted by Gasteiger charge is 2.41. The second kappa shape index (κ2) is 5.08. The number of rotatable bonds is 2. The van der Waals surface area contributed by atoms with Gasteiger partial charge in [-0.05, 0) is 58.0 Å². The molecule has 0 saturated heterocycles. The third kappa shape index (κ3) is 1.69. The Labute approximate surface area is 143 Å². The average Bonchev–Trinajstić information content (AvgIpc) is 2.65. The van der Waals surface area contributed by atoms with Crippen LogP contribution in [0.1, 0.15) is 60.8 Å². The zero-order chi connectivity index (χ0) is 16.3. The van der Waals surface area contributed by atoms with Gasteiger partial charge in [-0.2, -0.15) is 0 Å². The van der Waals surface area contributed by atoms with E-state index in [2.05, 4.69) is 74.5 Å². The largest absolute Gasteiger partial charge is 0.0619 e. The predicted molar refractivity (Wildman–Crippen MR) is 102 cm³/mol. The molecule has 2 unspecified atom stereocenters. The first kappa shape index (κ1) is 14.0. The Balaban J connectivity index is 1.88. The normalized spacial score (nSPS) is 21.1. The summed E-state index contributed by atoms with van der Waals surface area (Å²) < 4.78 is 0. The van der Waals surface area contributed by atoms with E-state index in [1.165, 1.54) is 10.8 Å². The fourth-order valence-corrected chi connectivity index (χ4v) is 5.13. The van der Waals surface area contributed by atoms with Gasteiger partial charge in [0.15, 0.2) is 0 Å². The molecule has 0 saturated carbocycles. The van der Waals surface area contributed by atoms with Crippen molar-refractivity contribution in [1.29, 1.82) is 0 Å². The van der Waals surface area contributed by atoms with E-state index in [1.807, 2.05) is 0 Å². The first-order valence-corrected chi connectivity index (χ1v) is 9.16. The van der Waals surface area contributed by atoms with Gasteiger partial charge in [0.2, 0.25) is 0 Å². The molecule has 6 rings (SSSR count). The molecule has 2 bridgehead atoms. The second-order valence-electron chi connectivity index (χ2n) is 7.08. The van der Waals surface area contributed by atoms with E-state index in [9.17, 15) is 0 Å². The molecule has 0 spiro atoms. The van der Waals surface area contributed by atoms with Gasteiger partial charge in [-0.1, -0.05) is 73.5 Å². The number of hydrogen-bond donors (Lipinski definition) is 0. The van der Waals surface area contributed by atoms with Crippen LogP contribution in [0.3, 0.4) is 0 Å². The van der Waals surface area contributed by atoms with Crippen LogP contribution in [0.2, 0.25) is 0 Å². The molecule has 3 aliphatic rings. The summed E-state index contributed by atoms with van der Waals surface area (Å²) in [5, 5.41) is 2.74. The Morgan fingerprint density at radius 1 is 0.583 bits per heavy atom. The molecule has 0 fully saturated rings. The summed E-state index contributed by atoms with van der Waals surface area (Å²) in [4.78, 5) is 0. The van der Waals surface area contributed by atoms with Crippen molar-refractivity contribution in [3.63, 3.8) is 0 Å². The average molecular weight is 310 g/mol. The first-order chi connectivity index (χ1) is 11.8. The van der Waals surface area contributed by atoms with Crippen LogP contribution < -0.4 is 0 Å². The minimum absolute atomic E-state index is 0.464. The van der Waals surface area contributed by atoms with Gasteiger partial charge in [-0.15, -0.1) is 0 Å². The summed E-state index contributed by atoms with van der Waals surface area (Å²) in [7, 11) is 0. The molecule has 0 amide bonds. The van der Waals surface area contributed by atoms with Crippen LogP contribution >= 0.6 is 0 Å². The van der Waals surface area contributed by atoms with E-state index in [-0.39, 0.29) is 0 Å². The maximum Gasteiger partial charge on any atom is 0.0308 e. The lowest BCUT2D eigenvalue weighted by Gasteiger charge is -2.44. The maximum atomic E-state index is 2.46. The van der Waals surface area contributed by atoms with Crippen LogP contribution in [0.25, 0.3) is 10.8 Å². The van der Waals surface area contributed by atoms with E-state index in [0.717, 1.165) is 12.8 Å². The highest BCUT2D eigenvalue weighted by atomic mass is 14.4. The molecular weight excluding hydrogens is 288 g/mol. The molecule has 118 valence electrons. The zero-order valence-electron chi connectivity index (χ0n) is 14.3. The summed E-state index contributed by atoms with van der Waals surface area (Å²) in [5.41, 5.74) is 9.52. The smallest absolute Gasteiger partial charge is 0.0308 e. The molecule has 2 atom stereocenters. The lowest BCUT2D eigenvalue weighted by atomic mass is 9.60. The summed E-state index contributed by atoms with van der Waals surface area (Å²) in [6, 6.07) is 22.8. The Bertz CT molecular complexity index is 910. The summed E-state index contributed by atoms with van der Waals surface area (Å²) in [6.07, 6.45) is 2.32. The Morgan fingerprint density at radius 3 is 1.42 bits per heavy atom. The summed E-state index contributed by atoms with van der Waals surface area (Å²) in [6.45, 7) is 4.66. The molecule has 0 heteroatoms. The van der Waals surface area contributed by atoms with Gasteiger partial charge in [-0.3, -0.25) is 0 Å². The Morgan fingerprint density at radius 2 is 1.00 bits per heavy atom. The fraction of sp³-hybridized carbons (Fsp3) is 0.250. The van der Waals surface area contributed by atoms with Gasteiger partial charge >= 0.3 is 0 Å². The van der Waals surface area contributed by atoms with E-state index in [1.54, 1.807) is 33.4 Å². The quantitative estimate of drug-likeness (QED) is 0.471. The number of hydrogen-bond acceptors (Lipinski definition) is 0. The topological polar surface area (TPSA) is 0 Å². The minimum atomic E-state index is 0.464. The number of allylic oxidation sites excluding steroid dienone is 2. The third-order valence-electron chi connectivity index (χ3n) is 6.06. The highest BCUT2D eigenvalue weighted by molar-refractivity contribution is 5.86. The molecule has 0 radical (unpaired) electrons. The highest BCUT2D eigenvalue weighted by Crippen LogP contribution is 2.57. The standard InChI is InChI=1S/C24H22/c1-3-17-18(4-2)24-20-12-8-7-11-19(20)23(17)21-13-15-9-5-6-10-16(15)14-22(21)24/h5-14,23-24H,3-4H2,1-2H3. The van der Waals surface area contributed by atoms with Gasteiger partial charge in [0.1, 0.15) is 0 Å². The molecule has 0 aliphatic heterocycles. The third-order valence-corrected chi connectivity index (χ3v) is 6.06. The first-order valence-electron chi connectivity index (χ1n) is 9.16. The molecule has 3 aliphatic carbocycles. The lowest BCUT2D eigenvalue weighted by Crippen LogP contribution is -2.28. The number of fused-ring (bicyclic) bond motifs is 1. The van der Waals surface area contributed by atoms with Crippen LogP contribution in [-0.2, 0) is 0 Å². The molecule has 0 nitrogen and oxygen atoms in total. The van der Waals surface area contributed by atoms with Gasteiger partial charge < -0.3 is 0 Å². The summed E-state index contributed by atoms with van der Waals surface area (Å²) >= 11 is 0. The summed E-state index contributed by atoms with van der Waals surface area (Å²) in [5.74, 6) is 0.927. The van der Waals surface area contributed by atoms with Gasteiger partial charge in [0.25, 0.3) is 0 Å². The van der Waals surface area contributed by atoms with E-state index in [4.69, 9.17) is 0 Å². The molecule has 0 aromatic heterocycles. The number of benzene rings is 3. The predicted octanol–water partition coefficient (Wildman–Crippen LogP) is 6.55. The van der Waals surface area contributed by atoms with Crippen LogP contribution in [0.4, 0.5) is 0 Å². The van der Waals surface area contributed by atoms with Crippen molar-refractivity contribution in [1.82, 2.24) is 0 Å². The van der Waals surface area contributed by atoms with E-state index in [0.29, 0.717) is 11.8 Å². The fourth-order valence-electron chi connectivity index (χ4n) is 5.13. The van der Waals surface area contributed by atoms with Crippen LogP contribution in [0.5, 0.6) is 0 Å².